The molecule has 0 fully saturated rings. The van der Waals surface area contributed by atoms with Crippen LogP contribution in [0.4, 0.5) is 5.69 Å². The Labute approximate surface area is 168 Å². The second-order valence-electron chi connectivity index (χ2n) is 6.70. The minimum Gasteiger partial charge on any atom is -0.345 e. The normalized spacial score (nSPS) is 11.9. The summed E-state index contributed by atoms with van der Waals surface area (Å²) in [6, 6.07) is 15.0. The highest BCUT2D eigenvalue weighted by atomic mass is 32.1. The van der Waals surface area contributed by atoms with Crippen molar-refractivity contribution in [2.24, 2.45) is 5.92 Å². The molecule has 28 heavy (non-hydrogen) atoms. The van der Waals surface area contributed by atoms with Crippen LogP contribution in [0.15, 0.2) is 54.7 Å². The Kier molecular flexibility index (Phi) is 6.16. The zero-order chi connectivity index (χ0) is 20.1. The van der Waals surface area contributed by atoms with Crippen LogP contribution in [0.1, 0.15) is 42.0 Å². The molecule has 0 radical (unpaired) electrons. The van der Waals surface area contributed by atoms with E-state index >= 15 is 0 Å². The number of amides is 2. The van der Waals surface area contributed by atoms with Crippen LogP contribution >= 0.6 is 11.5 Å². The number of aromatic nitrogens is 2. The zero-order valence-electron chi connectivity index (χ0n) is 16.0. The topological polar surface area (TPSA) is 84.0 Å². The summed E-state index contributed by atoms with van der Waals surface area (Å²) in [5.74, 6) is -0.687. The second-order valence-corrected chi connectivity index (χ2v) is 7.47. The molecule has 2 amide bonds. The number of nitrogens with zero attached hydrogens (tertiary/aromatic N) is 2. The number of carbonyl (C=O) groups is 2. The third-order valence-electron chi connectivity index (χ3n) is 4.23. The molecular weight excluding hydrogens is 372 g/mol. The first kappa shape index (κ1) is 19.7. The molecule has 144 valence electrons. The molecule has 1 atom stereocenters. The standard InChI is InChI=1S/C21H22N4O2S/c1-13(2)20(26)24-18-17(16-11-7-8-12-22-16)25-28-19(18)21(27)23-14(3)15-9-5-4-6-10-15/h4-14H,1-3H3,(H,23,27)(H,24,26)/t14-/m1/s1. The molecule has 0 saturated heterocycles. The van der Waals surface area contributed by atoms with E-state index in [2.05, 4.69) is 20.0 Å². The fourth-order valence-corrected chi connectivity index (χ4v) is 3.34. The summed E-state index contributed by atoms with van der Waals surface area (Å²) in [5, 5.41) is 5.84. The van der Waals surface area contributed by atoms with Crippen molar-refractivity contribution in [1.29, 1.82) is 0 Å². The molecule has 2 aromatic heterocycles. The van der Waals surface area contributed by atoms with Crippen molar-refractivity contribution in [3.8, 4) is 11.4 Å². The third-order valence-corrected chi connectivity index (χ3v) is 5.07. The maximum absolute atomic E-state index is 12.9. The first-order chi connectivity index (χ1) is 13.5. The maximum Gasteiger partial charge on any atom is 0.265 e. The van der Waals surface area contributed by atoms with Gasteiger partial charge in [-0.05, 0) is 36.2 Å². The molecule has 1 aromatic carbocycles. The van der Waals surface area contributed by atoms with Gasteiger partial charge in [0.2, 0.25) is 5.91 Å². The largest absolute Gasteiger partial charge is 0.345 e. The first-order valence-corrected chi connectivity index (χ1v) is 9.82. The lowest BCUT2D eigenvalue weighted by molar-refractivity contribution is -0.118. The Morgan fingerprint density at radius 3 is 2.36 bits per heavy atom. The molecule has 0 aliphatic rings. The Hall–Kier alpha value is -3.06. The van der Waals surface area contributed by atoms with E-state index in [4.69, 9.17) is 0 Å². The van der Waals surface area contributed by atoms with Gasteiger partial charge in [0, 0.05) is 12.1 Å². The molecule has 3 rings (SSSR count). The van der Waals surface area contributed by atoms with E-state index in [-0.39, 0.29) is 23.8 Å². The molecule has 2 heterocycles. The van der Waals surface area contributed by atoms with Gasteiger partial charge in [-0.2, -0.15) is 4.37 Å². The Morgan fingerprint density at radius 1 is 1.00 bits per heavy atom. The fraction of sp³-hybridized carbons (Fsp3) is 0.238. The van der Waals surface area contributed by atoms with E-state index in [0.717, 1.165) is 17.1 Å². The van der Waals surface area contributed by atoms with E-state index in [1.54, 1.807) is 32.2 Å². The van der Waals surface area contributed by atoms with Gasteiger partial charge in [-0.25, -0.2) is 0 Å². The van der Waals surface area contributed by atoms with Crippen molar-refractivity contribution in [2.45, 2.75) is 26.8 Å². The van der Waals surface area contributed by atoms with Crippen molar-refractivity contribution in [3.63, 3.8) is 0 Å². The van der Waals surface area contributed by atoms with Gasteiger partial charge in [0.25, 0.3) is 5.91 Å². The van der Waals surface area contributed by atoms with Crippen LogP contribution in [-0.2, 0) is 4.79 Å². The second kappa shape index (κ2) is 8.75. The number of nitrogens with one attached hydrogen (secondary N) is 2. The Balaban J connectivity index is 1.92. The zero-order valence-corrected chi connectivity index (χ0v) is 16.8. The quantitative estimate of drug-likeness (QED) is 0.653. The molecule has 3 aromatic rings. The van der Waals surface area contributed by atoms with Crippen LogP contribution in [0.5, 0.6) is 0 Å². The van der Waals surface area contributed by atoms with Crippen LogP contribution in [0.3, 0.4) is 0 Å². The Bertz CT molecular complexity index is 955. The molecule has 0 bridgehead atoms. The lowest BCUT2D eigenvalue weighted by atomic mass is 10.1. The summed E-state index contributed by atoms with van der Waals surface area (Å²) in [6.45, 7) is 5.51. The monoisotopic (exact) mass is 394 g/mol. The maximum atomic E-state index is 12.9. The van der Waals surface area contributed by atoms with Crippen LogP contribution in [0.25, 0.3) is 11.4 Å². The fourth-order valence-electron chi connectivity index (χ4n) is 2.59. The van der Waals surface area contributed by atoms with Gasteiger partial charge < -0.3 is 10.6 Å². The van der Waals surface area contributed by atoms with E-state index < -0.39 is 0 Å². The minimum absolute atomic E-state index is 0.178. The summed E-state index contributed by atoms with van der Waals surface area (Å²) in [6.07, 6.45) is 1.65. The number of hydrogen-bond donors (Lipinski definition) is 2. The molecule has 0 spiro atoms. The molecule has 0 aliphatic carbocycles. The molecule has 7 heteroatoms. The minimum atomic E-state index is -0.282. The van der Waals surface area contributed by atoms with Gasteiger partial charge in [0.15, 0.2) is 0 Å². The predicted octanol–water partition coefficient (Wildman–Crippen LogP) is 4.29. The number of pyridine rings is 1. The van der Waals surface area contributed by atoms with Crippen LogP contribution in [-0.4, -0.2) is 21.2 Å². The molecule has 0 unspecified atom stereocenters. The number of anilines is 1. The van der Waals surface area contributed by atoms with E-state index in [1.807, 2.05) is 43.3 Å². The Morgan fingerprint density at radius 2 is 1.71 bits per heavy atom. The summed E-state index contributed by atoms with van der Waals surface area (Å²) in [4.78, 5) is 29.9. The first-order valence-electron chi connectivity index (χ1n) is 9.05. The SMILES string of the molecule is CC(C)C(=O)Nc1c(-c2ccccn2)nsc1C(=O)N[C@H](C)c1ccccc1. The van der Waals surface area contributed by atoms with E-state index in [9.17, 15) is 9.59 Å². The van der Waals surface area contributed by atoms with Gasteiger partial charge in [-0.15, -0.1) is 0 Å². The average molecular weight is 395 g/mol. The van der Waals surface area contributed by atoms with Crippen molar-refractivity contribution >= 4 is 29.0 Å². The number of rotatable bonds is 6. The van der Waals surface area contributed by atoms with E-state index in [0.29, 0.717) is 22.0 Å². The summed E-state index contributed by atoms with van der Waals surface area (Å²) in [5.41, 5.74) is 2.50. The van der Waals surface area contributed by atoms with E-state index in [1.165, 1.54) is 0 Å². The number of carbonyl (C=O) groups excluding carboxylic acids is 2. The van der Waals surface area contributed by atoms with Crippen molar-refractivity contribution in [1.82, 2.24) is 14.7 Å². The average Bonchev–Trinajstić information content (AvgIpc) is 3.12. The molecule has 2 N–H and O–H groups in total. The lowest BCUT2D eigenvalue weighted by Gasteiger charge is -2.15. The molecular formula is C21H22N4O2S. The van der Waals surface area contributed by atoms with Crippen LogP contribution in [0, 0.1) is 5.92 Å². The molecule has 0 saturated carbocycles. The summed E-state index contributed by atoms with van der Waals surface area (Å²) >= 11 is 1.05. The van der Waals surface area contributed by atoms with Crippen molar-refractivity contribution in [2.75, 3.05) is 5.32 Å². The summed E-state index contributed by atoms with van der Waals surface area (Å²) < 4.78 is 4.40. The highest BCUT2D eigenvalue weighted by Gasteiger charge is 2.25. The highest BCUT2D eigenvalue weighted by molar-refractivity contribution is 7.09. The smallest absolute Gasteiger partial charge is 0.265 e. The summed E-state index contributed by atoms with van der Waals surface area (Å²) in [7, 11) is 0. The third kappa shape index (κ3) is 4.43. The van der Waals surface area contributed by atoms with Gasteiger partial charge in [-0.1, -0.05) is 50.2 Å². The number of hydrogen-bond acceptors (Lipinski definition) is 5. The van der Waals surface area contributed by atoms with Gasteiger partial charge in [-0.3, -0.25) is 14.6 Å². The van der Waals surface area contributed by atoms with Gasteiger partial charge >= 0.3 is 0 Å². The van der Waals surface area contributed by atoms with Crippen molar-refractivity contribution < 1.29 is 9.59 Å². The van der Waals surface area contributed by atoms with Crippen LogP contribution < -0.4 is 10.6 Å². The van der Waals surface area contributed by atoms with Crippen LogP contribution in [0.2, 0.25) is 0 Å². The number of benzene rings is 1. The predicted molar refractivity (Wildman–Crippen MR) is 111 cm³/mol. The lowest BCUT2D eigenvalue weighted by Crippen LogP contribution is -2.27. The van der Waals surface area contributed by atoms with Gasteiger partial charge in [0.1, 0.15) is 10.6 Å². The van der Waals surface area contributed by atoms with Crippen molar-refractivity contribution in [3.05, 3.63) is 65.2 Å². The highest BCUT2D eigenvalue weighted by Crippen LogP contribution is 2.33. The molecule has 0 aliphatic heterocycles. The van der Waals surface area contributed by atoms with Gasteiger partial charge in [0.05, 0.1) is 17.4 Å². The molecule has 6 nitrogen and oxygen atoms in total.